The van der Waals surface area contributed by atoms with E-state index < -0.39 is 0 Å². The molecule has 5 nitrogen and oxygen atoms in total. The first-order valence-corrected chi connectivity index (χ1v) is 6.02. The molecule has 0 bridgehead atoms. The predicted molar refractivity (Wildman–Crippen MR) is 71.1 cm³/mol. The van der Waals surface area contributed by atoms with E-state index in [0.29, 0.717) is 5.82 Å². The van der Waals surface area contributed by atoms with Gasteiger partial charge in [0.15, 0.2) is 5.82 Å². The van der Waals surface area contributed by atoms with Crippen molar-refractivity contribution in [2.45, 2.75) is 26.7 Å². The minimum Gasteiger partial charge on any atom is -0.494 e. The van der Waals surface area contributed by atoms with Gasteiger partial charge in [0.05, 0.1) is 12.8 Å². The molecule has 0 fully saturated rings. The fourth-order valence-corrected chi connectivity index (χ4v) is 1.94. The number of ether oxygens (including phenoxy) is 1. The Labute approximate surface area is 107 Å². The van der Waals surface area contributed by atoms with Crippen molar-refractivity contribution in [3.05, 3.63) is 29.5 Å². The van der Waals surface area contributed by atoms with Crippen molar-refractivity contribution in [2.75, 3.05) is 12.8 Å². The number of hydrogen-bond donors (Lipinski definition) is 1. The number of anilines is 1. The van der Waals surface area contributed by atoms with Crippen molar-refractivity contribution >= 4 is 5.82 Å². The van der Waals surface area contributed by atoms with Gasteiger partial charge in [0.25, 0.3) is 0 Å². The molecule has 1 heterocycles. The minimum atomic E-state index is 0.486. The van der Waals surface area contributed by atoms with E-state index in [1.54, 1.807) is 11.8 Å². The van der Waals surface area contributed by atoms with Gasteiger partial charge >= 0.3 is 0 Å². The smallest absolute Gasteiger partial charge is 0.169 e. The van der Waals surface area contributed by atoms with Gasteiger partial charge in [-0.2, -0.15) is 0 Å². The molecule has 0 aliphatic rings. The minimum absolute atomic E-state index is 0.486. The molecule has 0 saturated heterocycles. The maximum Gasteiger partial charge on any atom is 0.169 e. The second-order valence-electron chi connectivity index (χ2n) is 4.26. The predicted octanol–water partition coefficient (Wildman–Crippen LogP) is 2.12. The Bertz CT molecular complexity index is 548. The van der Waals surface area contributed by atoms with Crippen LogP contribution in [0.25, 0.3) is 5.69 Å². The molecule has 5 heteroatoms. The number of nitrogen functional groups attached to an aromatic ring is 1. The first-order chi connectivity index (χ1) is 8.67. The highest BCUT2D eigenvalue weighted by Crippen LogP contribution is 2.26. The zero-order valence-electron chi connectivity index (χ0n) is 11.0. The summed E-state index contributed by atoms with van der Waals surface area (Å²) in [6, 6.07) is 5.95. The van der Waals surface area contributed by atoms with Crippen LogP contribution in [0.1, 0.15) is 24.6 Å². The Morgan fingerprint density at radius 1 is 1.39 bits per heavy atom. The quantitative estimate of drug-likeness (QED) is 0.897. The van der Waals surface area contributed by atoms with Crippen molar-refractivity contribution in [3.8, 4) is 11.4 Å². The third kappa shape index (κ3) is 2.16. The van der Waals surface area contributed by atoms with E-state index in [4.69, 9.17) is 10.5 Å². The number of benzene rings is 1. The summed E-state index contributed by atoms with van der Waals surface area (Å²) in [4.78, 5) is 0. The highest BCUT2D eigenvalue weighted by atomic mass is 16.5. The molecule has 2 aromatic rings. The van der Waals surface area contributed by atoms with Crippen molar-refractivity contribution in [3.63, 3.8) is 0 Å². The molecular weight excluding hydrogens is 228 g/mol. The van der Waals surface area contributed by atoms with Gasteiger partial charge in [0, 0.05) is 0 Å². The molecule has 0 unspecified atom stereocenters. The van der Waals surface area contributed by atoms with Crippen LogP contribution in [-0.4, -0.2) is 22.1 Å². The summed E-state index contributed by atoms with van der Waals surface area (Å²) < 4.78 is 7.14. The number of rotatable bonds is 4. The summed E-state index contributed by atoms with van der Waals surface area (Å²) in [5.41, 5.74) is 8.81. The van der Waals surface area contributed by atoms with Crippen LogP contribution >= 0.6 is 0 Å². The first-order valence-electron chi connectivity index (χ1n) is 6.02. The molecule has 0 atom stereocenters. The topological polar surface area (TPSA) is 66.0 Å². The van der Waals surface area contributed by atoms with Gasteiger partial charge in [0.2, 0.25) is 0 Å². The van der Waals surface area contributed by atoms with E-state index in [2.05, 4.69) is 17.2 Å². The van der Waals surface area contributed by atoms with Crippen LogP contribution in [0, 0.1) is 6.92 Å². The van der Waals surface area contributed by atoms with Crippen LogP contribution in [0.2, 0.25) is 0 Å². The van der Waals surface area contributed by atoms with Gasteiger partial charge in [-0.15, -0.1) is 5.10 Å². The van der Waals surface area contributed by atoms with E-state index in [1.807, 2.05) is 25.1 Å². The van der Waals surface area contributed by atoms with Crippen LogP contribution in [0.15, 0.2) is 18.2 Å². The van der Waals surface area contributed by atoms with E-state index >= 15 is 0 Å². The van der Waals surface area contributed by atoms with Gasteiger partial charge in [-0.1, -0.05) is 24.6 Å². The average molecular weight is 246 g/mol. The summed E-state index contributed by atoms with van der Waals surface area (Å²) >= 11 is 0. The standard InChI is InChI=1S/C13H18N4O/c1-4-5-10-13(14)15-16-17(10)11-8-9(2)6-7-12(11)18-3/h6-8H,4-5,14H2,1-3H3. The fourth-order valence-electron chi connectivity index (χ4n) is 1.94. The number of methoxy groups -OCH3 is 1. The van der Waals surface area contributed by atoms with Crippen LogP contribution in [0.5, 0.6) is 5.75 Å². The molecule has 18 heavy (non-hydrogen) atoms. The first kappa shape index (κ1) is 12.4. The number of nitrogens with zero attached hydrogens (tertiary/aromatic N) is 3. The molecule has 1 aromatic carbocycles. The lowest BCUT2D eigenvalue weighted by Gasteiger charge is -2.11. The lowest BCUT2D eigenvalue weighted by Crippen LogP contribution is -2.06. The lowest BCUT2D eigenvalue weighted by atomic mass is 10.2. The van der Waals surface area contributed by atoms with Crippen LogP contribution in [0.3, 0.4) is 0 Å². The number of aryl methyl sites for hydroxylation is 1. The highest BCUT2D eigenvalue weighted by Gasteiger charge is 2.14. The average Bonchev–Trinajstić information content (AvgIpc) is 2.72. The normalized spacial score (nSPS) is 10.6. The number of nitrogens with two attached hydrogens (primary N) is 1. The maximum atomic E-state index is 5.86. The van der Waals surface area contributed by atoms with E-state index in [1.165, 1.54) is 0 Å². The van der Waals surface area contributed by atoms with Gasteiger partial charge in [-0.05, 0) is 31.0 Å². The fraction of sp³-hybridized carbons (Fsp3) is 0.385. The second-order valence-corrected chi connectivity index (χ2v) is 4.26. The Morgan fingerprint density at radius 3 is 2.83 bits per heavy atom. The Kier molecular flexibility index (Phi) is 3.50. The molecule has 0 radical (unpaired) electrons. The Balaban J connectivity index is 2.57. The van der Waals surface area contributed by atoms with Crippen molar-refractivity contribution in [2.24, 2.45) is 0 Å². The summed E-state index contributed by atoms with van der Waals surface area (Å²) in [7, 11) is 1.65. The second kappa shape index (κ2) is 5.08. The summed E-state index contributed by atoms with van der Waals surface area (Å²) in [6.07, 6.45) is 1.83. The molecule has 0 spiro atoms. The molecule has 1 aromatic heterocycles. The largest absolute Gasteiger partial charge is 0.494 e. The van der Waals surface area contributed by atoms with Crippen molar-refractivity contribution in [1.82, 2.24) is 15.0 Å². The molecule has 0 aliphatic carbocycles. The van der Waals surface area contributed by atoms with Crippen LogP contribution < -0.4 is 10.5 Å². The molecule has 2 N–H and O–H groups in total. The van der Waals surface area contributed by atoms with Crippen LogP contribution in [0.4, 0.5) is 5.82 Å². The zero-order valence-corrected chi connectivity index (χ0v) is 11.0. The van der Waals surface area contributed by atoms with Gasteiger partial charge in [-0.25, -0.2) is 4.68 Å². The molecule has 0 amide bonds. The van der Waals surface area contributed by atoms with E-state index in [0.717, 1.165) is 35.5 Å². The molecule has 96 valence electrons. The third-order valence-electron chi connectivity index (χ3n) is 2.84. The van der Waals surface area contributed by atoms with Crippen molar-refractivity contribution in [1.29, 1.82) is 0 Å². The zero-order chi connectivity index (χ0) is 13.1. The molecule has 0 saturated carbocycles. The molecule has 2 rings (SSSR count). The highest BCUT2D eigenvalue weighted by molar-refractivity contribution is 5.51. The van der Waals surface area contributed by atoms with E-state index in [-0.39, 0.29) is 0 Å². The van der Waals surface area contributed by atoms with E-state index in [9.17, 15) is 0 Å². The number of hydrogen-bond acceptors (Lipinski definition) is 4. The third-order valence-corrected chi connectivity index (χ3v) is 2.84. The Hall–Kier alpha value is -2.04. The summed E-state index contributed by atoms with van der Waals surface area (Å²) in [5, 5.41) is 8.07. The molecular formula is C13H18N4O. The summed E-state index contributed by atoms with van der Waals surface area (Å²) in [5.74, 6) is 1.25. The Morgan fingerprint density at radius 2 is 2.17 bits per heavy atom. The maximum absolute atomic E-state index is 5.86. The van der Waals surface area contributed by atoms with Crippen molar-refractivity contribution < 1.29 is 4.74 Å². The number of aromatic nitrogens is 3. The van der Waals surface area contributed by atoms with Gasteiger partial charge in [-0.3, -0.25) is 0 Å². The van der Waals surface area contributed by atoms with Gasteiger partial charge in [0.1, 0.15) is 11.4 Å². The van der Waals surface area contributed by atoms with Gasteiger partial charge < -0.3 is 10.5 Å². The monoisotopic (exact) mass is 246 g/mol. The lowest BCUT2D eigenvalue weighted by molar-refractivity contribution is 0.411. The SMILES string of the molecule is CCCc1c(N)nnn1-c1cc(C)ccc1OC. The summed E-state index contributed by atoms with van der Waals surface area (Å²) in [6.45, 7) is 4.13. The van der Waals surface area contributed by atoms with Crippen LogP contribution in [-0.2, 0) is 6.42 Å². The molecule has 0 aliphatic heterocycles.